The monoisotopic (exact) mass is 132 g/mol. The van der Waals surface area contributed by atoms with Gasteiger partial charge in [0, 0.05) is 6.08 Å². The maximum absolute atomic E-state index is 12.6. The van der Waals surface area contributed by atoms with Gasteiger partial charge in [0.1, 0.15) is 0 Å². The predicted molar refractivity (Wildman–Crippen MR) is 30.3 cm³/mol. The van der Waals surface area contributed by atoms with Gasteiger partial charge < -0.3 is 5.32 Å². The van der Waals surface area contributed by atoms with Crippen molar-refractivity contribution in [3.63, 3.8) is 0 Å². The summed E-state index contributed by atoms with van der Waals surface area (Å²) < 4.78 is 24.7. The SMILES string of the molecule is CC1(F)C=C(F)NC=N1. The lowest BCUT2D eigenvalue weighted by Gasteiger charge is -2.13. The van der Waals surface area contributed by atoms with Crippen molar-refractivity contribution < 1.29 is 8.78 Å². The second-order valence-corrected chi connectivity index (χ2v) is 1.92. The molecule has 0 saturated carbocycles. The van der Waals surface area contributed by atoms with Gasteiger partial charge in [-0.2, -0.15) is 4.39 Å². The molecule has 0 amide bonds. The summed E-state index contributed by atoms with van der Waals surface area (Å²) in [7, 11) is 0. The number of alkyl halides is 1. The van der Waals surface area contributed by atoms with Crippen LogP contribution in [-0.2, 0) is 0 Å². The van der Waals surface area contributed by atoms with Gasteiger partial charge in [0.2, 0.25) is 5.79 Å². The molecule has 0 aromatic rings. The maximum Gasteiger partial charge on any atom is 0.221 e. The summed E-state index contributed by atoms with van der Waals surface area (Å²) in [5, 5.41) is 2.10. The van der Waals surface area contributed by atoms with Gasteiger partial charge in [0.05, 0.1) is 6.34 Å². The van der Waals surface area contributed by atoms with Gasteiger partial charge in [0.25, 0.3) is 0 Å². The van der Waals surface area contributed by atoms with Crippen molar-refractivity contribution in [1.82, 2.24) is 5.32 Å². The summed E-state index contributed by atoms with van der Waals surface area (Å²) in [5.41, 5.74) is 0. The molecular formula is C5H6F2N2. The van der Waals surface area contributed by atoms with Gasteiger partial charge in [-0.05, 0) is 6.92 Å². The third-order valence-electron chi connectivity index (χ3n) is 0.910. The minimum Gasteiger partial charge on any atom is -0.323 e. The molecule has 0 radical (unpaired) electrons. The number of nitrogens with one attached hydrogen (secondary N) is 1. The highest BCUT2D eigenvalue weighted by atomic mass is 19.2. The Bertz CT molecular complexity index is 172. The molecule has 1 N–H and O–H groups in total. The van der Waals surface area contributed by atoms with Crippen LogP contribution in [0.15, 0.2) is 17.0 Å². The Morgan fingerprint density at radius 3 is 2.78 bits per heavy atom. The predicted octanol–water partition coefficient (Wildman–Crippen LogP) is 1.11. The first-order valence-corrected chi connectivity index (χ1v) is 2.48. The van der Waals surface area contributed by atoms with Crippen molar-refractivity contribution in [3.8, 4) is 0 Å². The zero-order valence-electron chi connectivity index (χ0n) is 4.86. The molecule has 0 spiro atoms. The zero-order chi connectivity index (χ0) is 6.91. The van der Waals surface area contributed by atoms with Crippen LogP contribution in [0.5, 0.6) is 0 Å². The number of nitrogens with zero attached hydrogens (tertiary/aromatic N) is 1. The van der Waals surface area contributed by atoms with E-state index >= 15 is 0 Å². The summed E-state index contributed by atoms with van der Waals surface area (Å²) in [6.45, 7) is 1.17. The molecule has 9 heavy (non-hydrogen) atoms. The van der Waals surface area contributed by atoms with E-state index in [1.807, 2.05) is 0 Å². The molecule has 4 heteroatoms. The molecule has 1 rings (SSSR count). The van der Waals surface area contributed by atoms with Crippen molar-refractivity contribution in [3.05, 3.63) is 12.0 Å². The summed E-state index contributed by atoms with van der Waals surface area (Å²) in [5.74, 6) is -2.58. The highest BCUT2D eigenvalue weighted by Crippen LogP contribution is 2.17. The maximum atomic E-state index is 12.6. The summed E-state index contributed by atoms with van der Waals surface area (Å²) >= 11 is 0. The quantitative estimate of drug-likeness (QED) is 0.490. The number of rotatable bonds is 0. The molecule has 0 aromatic heterocycles. The van der Waals surface area contributed by atoms with Crippen LogP contribution in [0.4, 0.5) is 8.78 Å². The number of hydrogen-bond acceptors (Lipinski definition) is 2. The van der Waals surface area contributed by atoms with E-state index in [1.54, 1.807) is 0 Å². The van der Waals surface area contributed by atoms with E-state index < -0.39 is 11.7 Å². The van der Waals surface area contributed by atoms with E-state index in [2.05, 4.69) is 10.3 Å². The van der Waals surface area contributed by atoms with Gasteiger partial charge in [0.15, 0.2) is 5.95 Å². The zero-order valence-corrected chi connectivity index (χ0v) is 4.86. The molecule has 0 aliphatic carbocycles. The lowest BCUT2D eigenvalue weighted by molar-refractivity contribution is 0.261. The molecule has 1 aliphatic rings. The van der Waals surface area contributed by atoms with Crippen molar-refractivity contribution in [2.24, 2.45) is 4.99 Å². The normalized spacial score (nSPS) is 33.4. The number of halogens is 2. The van der Waals surface area contributed by atoms with Gasteiger partial charge in [-0.1, -0.05) is 0 Å². The highest BCUT2D eigenvalue weighted by molar-refractivity contribution is 5.59. The Morgan fingerprint density at radius 2 is 2.44 bits per heavy atom. The molecule has 1 unspecified atom stereocenters. The largest absolute Gasteiger partial charge is 0.323 e. The molecule has 0 aromatic carbocycles. The minimum atomic E-state index is -1.88. The Hall–Kier alpha value is -0.930. The van der Waals surface area contributed by atoms with Crippen LogP contribution < -0.4 is 5.32 Å². The van der Waals surface area contributed by atoms with Crippen LogP contribution in [0.1, 0.15) is 6.92 Å². The van der Waals surface area contributed by atoms with Crippen LogP contribution in [0.25, 0.3) is 0 Å². The van der Waals surface area contributed by atoms with Crippen molar-refractivity contribution >= 4 is 6.34 Å². The topological polar surface area (TPSA) is 24.4 Å². The third kappa shape index (κ3) is 1.48. The first-order chi connectivity index (χ1) is 4.10. The van der Waals surface area contributed by atoms with Crippen molar-refractivity contribution in [2.75, 3.05) is 0 Å². The molecule has 1 aliphatic heterocycles. The van der Waals surface area contributed by atoms with Crippen LogP contribution in [0, 0.1) is 0 Å². The van der Waals surface area contributed by atoms with Crippen LogP contribution in [-0.4, -0.2) is 12.1 Å². The van der Waals surface area contributed by atoms with E-state index in [-0.39, 0.29) is 0 Å². The van der Waals surface area contributed by atoms with Crippen LogP contribution >= 0.6 is 0 Å². The molecule has 50 valence electrons. The standard InChI is InChI=1S/C5H6F2N2/c1-5(7)2-4(6)8-3-9-5/h2-3H,1H3,(H,8,9). The van der Waals surface area contributed by atoms with Gasteiger partial charge in [-0.15, -0.1) is 0 Å². The molecule has 2 nitrogen and oxygen atoms in total. The fraction of sp³-hybridized carbons (Fsp3) is 0.400. The van der Waals surface area contributed by atoms with Crippen molar-refractivity contribution in [1.29, 1.82) is 0 Å². The van der Waals surface area contributed by atoms with Gasteiger partial charge in [-0.3, -0.25) is 0 Å². The fourth-order valence-electron chi connectivity index (χ4n) is 0.530. The lowest BCUT2D eigenvalue weighted by Crippen LogP contribution is -2.23. The average molecular weight is 132 g/mol. The second-order valence-electron chi connectivity index (χ2n) is 1.92. The Morgan fingerprint density at radius 1 is 1.78 bits per heavy atom. The van der Waals surface area contributed by atoms with Gasteiger partial charge in [-0.25, -0.2) is 9.38 Å². The molecule has 0 bridgehead atoms. The Kier molecular flexibility index (Phi) is 1.23. The fourth-order valence-corrected chi connectivity index (χ4v) is 0.530. The summed E-state index contributed by atoms with van der Waals surface area (Å²) in [6.07, 6.45) is 1.77. The average Bonchev–Trinajstić information content (AvgIpc) is 1.60. The Balaban J connectivity index is 2.78. The smallest absolute Gasteiger partial charge is 0.221 e. The van der Waals surface area contributed by atoms with E-state index in [9.17, 15) is 8.78 Å². The first kappa shape index (κ1) is 6.19. The summed E-state index contributed by atoms with van der Waals surface area (Å²) in [6, 6.07) is 0. The van der Waals surface area contributed by atoms with Crippen molar-refractivity contribution in [2.45, 2.75) is 12.7 Å². The Labute approximate surface area is 51.3 Å². The van der Waals surface area contributed by atoms with E-state index in [0.29, 0.717) is 0 Å². The van der Waals surface area contributed by atoms with Gasteiger partial charge >= 0.3 is 0 Å². The molecule has 1 atom stereocenters. The number of hydrogen-bond donors (Lipinski definition) is 1. The lowest BCUT2D eigenvalue weighted by atomic mass is 10.3. The molecule has 1 heterocycles. The van der Waals surface area contributed by atoms with Crippen LogP contribution in [0.3, 0.4) is 0 Å². The molecule has 0 fully saturated rings. The van der Waals surface area contributed by atoms with E-state index in [4.69, 9.17) is 0 Å². The van der Waals surface area contributed by atoms with E-state index in [0.717, 1.165) is 12.4 Å². The molecular weight excluding hydrogens is 126 g/mol. The summed E-state index contributed by atoms with van der Waals surface area (Å²) in [4.78, 5) is 3.29. The third-order valence-corrected chi connectivity index (χ3v) is 0.910. The van der Waals surface area contributed by atoms with Crippen LogP contribution in [0.2, 0.25) is 0 Å². The number of aliphatic imine (C=N–C) groups is 1. The van der Waals surface area contributed by atoms with E-state index in [1.165, 1.54) is 6.92 Å². The molecule has 0 saturated heterocycles. The minimum absolute atomic E-state index is 0.699. The first-order valence-electron chi connectivity index (χ1n) is 2.48. The highest BCUT2D eigenvalue weighted by Gasteiger charge is 2.21. The second kappa shape index (κ2) is 1.79.